The molecule has 8 heteroatoms. The summed E-state index contributed by atoms with van der Waals surface area (Å²) >= 11 is 1.60. The van der Waals surface area contributed by atoms with Crippen LogP contribution in [0, 0.1) is 13.8 Å². The predicted octanol–water partition coefficient (Wildman–Crippen LogP) is 3.39. The third kappa shape index (κ3) is 3.65. The van der Waals surface area contributed by atoms with Crippen molar-refractivity contribution in [1.82, 2.24) is 10.3 Å². The number of hydrogen-bond acceptors (Lipinski definition) is 5. The van der Waals surface area contributed by atoms with Gasteiger partial charge in [0.1, 0.15) is 10.8 Å². The average Bonchev–Trinajstić information content (AvgIpc) is 2.95. The zero-order chi connectivity index (χ0) is 18.8. The van der Waals surface area contributed by atoms with E-state index in [1.54, 1.807) is 36.6 Å². The summed E-state index contributed by atoms with van der Waals surface area (Å²) in [5, 5.41) is 6.68. The molecule has 1 aromatic carbocycles. The first-order valence-electron chi connectivity index (χ1n) is 8.44. The van der Waals surface area contributed by atoms with Crippen molar-refractivity contribution in [2.45, 2.75) is 33.2 Å². The third-order valence-electron chi connectivity index (χ3n) is 4.36. The molecule has 2 aromatic rings. The molecule has 2 heterocycles. The molecule has 1 aromatic heterocycles. The molecule has 1 aliphatic heterocycles. The molecule has 2 N–H and O–H groups in total. The van der Waals surface area contributed by atoms with E-state index in [9.17, 15) is 9.59 Å². The van der Waals surface area contributed by atoms with Gasteiger partial charge in [0, 0.05) is 17.6 Å². The van der Waals surface area contributed by atoms with E-state index in [1.807, 2.05) is 20.8 Å². The van der Waals surface area contributed by atoms with Gasteiger partial charge in [-0.15, -0.1) is 11.3 Å². The van der Waals surface area contributed by atoms with Crippen LogP contribution < -0.4 is 20.3 Å². The lowest BCUT2D eigenvalue weighted by Crippen LogP contribution is -2.35. The van der Waals surface area contributed by atoms with Crippen LogP contribution in [-0.2, 0) is 4.79 Å². The molecular weight excluding hydrogens is 352 g/mol. The van der Waals surface area contributed by atoms with Gasteiger partial charge in [0.2, 0.25) is 0 Å². The van der Waals surface area contributed by atoms with Gasteiger partial charge in [0.15, 0.2) is 6.61 Å². The number of hydrogen-bond donors (Lipinski definition) is 2. The van der Waals surface area contributed by atoms with Gasteiger partial charge in [0.05, 0.1) is 17.4 Å². The molecule has 1 aliphatic rings. The van der Waals surface area contributed by atoms with E-state index in [4.69, 9.17) is 4.74 Å². The van der Waals surface area contributed by atoms with Crippen LogP contribution in [0.2, 0.25) is 0 Å². The average molecular weight is 374 g/mol. The molecule has 0 unspecified atom stereocenters. The normalized spacial score (nSPS) is 14.5. The summed E-state index contributed by atoms with van der Waals surface area (Å²) < 4.78 is 5.39. The Hall–Kier alpha value is -2.61. The lowest BCUT2D eigenvalue weighted by Gasteiger charge is -2.26. The highest BCUT2D eigenvalue weighted by molar-refractivity contribution is 7.11. The number of rotatable bonds is 4. The highest BCUT2D eigenvalue weighted by Crippen LogP contribution is 2.33. The van der Waals surface area contributed by atoms with E-state index in [0.29, 0.717) is 17.1 Å². The number of anilines is 2. The molecule has 0 bridgehead atoms. The van der Waals surface area contributed by atoms with E-state index in [-0.39, 0.29) is 24.6 Å². The number of fused-ring (bicyclic) bond motifs is 1. The lowest BCUT2D eigenvalue weighted by atomic mass is 10.2. The predicted molar refractivity (Wildman–Crippen MR) is 102 cm³/mol. The minimum absolute atomic E-state index is 0.0294. The molecule has 0 radical (unpaired) electrons. The van der Waals surface area contributed by atoms with Gasteiger partial charge in [-0.3, -0.25) is 4.79 Å². The van der Waals surface area contributed by atoms with Gasteiger partial charge >= 0.3 is 6.03 Å². The molecule has 0 saturated heterocycles. The SMILES string of the molecule is CC[C@H](NC(=O)Nc1ccc2c(c1)N(C)C(=O)CO2)c1nc(C)c(C)s1. The Balaban J connectivity index is 1.70. The fraction of sp³-hybridized carbons (Fsp3) is 0.389. The Morgan fingerprint density at radius 1 is 1.42 bits per heavy atom. The van der Waals surface area contributed by atoms with E-state index >= 15 is 0 Å². The number of benzene rings is 1. The van der Waals surface area contributed by atoms with Crippen molar-refractivity contribution in [3.05, 3.63) is 33.8 Å². The van der Waals surface area contributed by atoms with Gasteiger partial charge in [0.25, 0.3) is 5.91 Å². The maximum Gasteiger partial charge on any atom is 0.319 e. The van der Waals surface area contributed by atoms with Crippen molar-refractivity contribution in [1.29, 1.82) is 0 Å². The highest BCUT2D eigenvalue weighted by Gasteiger charge is 2.23. The summed E-state index contributed by atoms with van der Waals surface area (Å²) in [6.45, 7) is 6.03. The van der Waals surface area contributed by atoms with Gasteiger partial charge in [-0.05, 0) is 38.5 Å². The van der Waals surface area contributed by atoms with E-state index < -0.39 is 0 Å². The first-order valence-corrected chi connectivity index (χ1v) is 9.25. The molecule has 138 valence electrons. The standard InChI is InChI=1S/C18H22N4O3S/c1-5-13(17-19-10(2)11(3)26-17)21-18(24)20-12-6-7-15-14(8-12)22(4)16(23)9-25-15/h6-8,13H,5,9H2,1-4H3,(H2,20,21,24)/t13-/m0/s1. The summed E-state index contributed by atoms with van der Waals surface area (Å²) in [4.78, 5) is 31.4. The molecule has 1 atom stereocenters. The van der Waals surface area contributed by atoms with Crippen molar-refractivity contribution in [3.8, 4) is 5.75 Å². The minimum atomic E-state index is -0.312. The van der Waals surface area contributed by atoms with Gasteiger partial charge < -0.3 is 20.3 Å². The number of urea groups is 1. The molecular formula is C18H22N4O3S. The number of carbonyl (C=O) groups excluding carboxylic acids is 2. The number of nitrogens with zero attached hydrogens (tertiary/aromatic N) is 2. The van der Waals surface area contributed by atoms with Crippen molar-refractivity contribution in [2.24, 2.45) is 0 Å². The fourth-order valence-electron chi connectivity index (χ4n) is 2.66. The molecule has 3 rings (SSSR count). The zero-order valence-corrected chi connectivity index (χ0v) is 16.1. The second-order valence-corrected chi connectivity index (χ2v) is 7.41. The molecule has 0 saturated carbocycles. The van der Waals surface area contributed by atoms with Crippen molar-refractivity contribution in [2.75, 3.05) is 23.9 Å². The number of nitrogens with one attached hydrogen (secondary N) is 2. The fourth-order valence-corrected chi connectivity index (χ4v) is 3.72. The molecule has 0 spiro atoms. The Bertz CT molecular complexity index is 829. The Morgan fingerprint density at radius 2 is 2.19 bits per heavy atom. The highest BCUT2D eigenvalue weighted by atomic mass is 32.1. The maximum absolute atomic E-state index is 12.4. The number of likely N-dealkylation sites (N-methyl/N-ethyl adjacent to an activating group) is 1. The number of carbonyl (C=O) groups is 2. The quantitative estimate of drug-likeness (QED) is 0.859. The van der Waals surface area contributed by atoms with Crippen LogP contribution in [0.5, 0.6) is 5.75 Å². The lowest BCUT2D eigenvalue weighted by molar-refractivity contribution is -0.120. The van der Waals surface area contributed by atoms with Crippen molar-refractivity contribution in [3.63, 3.8) is 0 Å². The van der Waals surface area contributed by atoms with Gasteiger partial charge in [-0.25, -0.2) is 9.78 Å². The Kier molecular flexibility index (Phi) is 5.13. The summed E-state index contributed by atoms with van der Waals surface area (Å²) in [5.74, 6) is 0.498. The minimum Gasteiger partial charge on any atom is -0.482 e. The molecule has 0 fully saturated rings. The van der Waals surface area contributed by atoms with E-state index in [0.717, 1.165) is 22.0 Å². The second kappa shape index (κ2) is 7.33. The largest absolute Gasteiger partial charge is 0.482 e. The van der Waals surface area contributed by atoms with Gasteiger partial charge in [-0.1, -0.05) is 6.92 Å². The number of aryl methyl sites for hydroxylation is 2. The number of ether oxygens (including phenoxy) is 1. The summed E-state index contributed by atoms with van der Waals surface area (Å²) in [5.41, 5.74) is 2.22. The number of amides is 3. The summed E-state index contributed by atoms with van der Waals surface area (Å²) in [7, 11) is 1.69. The van der Waals surface area contributed by atoms with Crippen molar-refractivity contribution >= 4 is 34.6 Å². The monoisotopic (exact) mass is 374 g/mol. The first-order chi connectivity index (χ1) is 12.4. The summed E-state index contributed by atoms with van der Waals surface area (Å²) in [6.07, 6.45) is 0.745. The number of aromatic nitrogens is 1. The Labute approximate surface area is 156 Å². The van der Waals surface area contributed by atoms with Crippen LogP contribution >= 0.6 is 11.3 Å². The van der Waals surface area contributed by atoms with Gasteiger partial charge in [-0.2, -0.15) is 0 Å². The topological polar surface area (TPSA) is 83.6 Å². The Morgan fingerprint density at radius 3 is 2.85 bits per heavy atom. The molecule has 3 amide bonds. The molecule has 0 aliphatic carbocycles. The second-order valence-electron chi connectivity index (χ2n) is 6.18. The van der Waals surface area contributed by atoms with Crippen LogP contribution in [0.25, 0.3) is 0 Å². The van der Waals surface area contributed by atoms with Crippen molar-refractivity contribution < 1.29 is 14.3 Å². The smallest absolute Gasteiger partial charge is 0.319 e. The van der Waals surface area contributed by atoms with Crippen LogP contribution in [0.15, 0.2) is 18.2 Å². The summed E-state index contributed by atoms with van der Waals surface area (Å²) in [6, 6.07) is 4.77. The third-order valence-corrected chi connectivity index (χ3v) is 5.55. The molecule has 7 nitrogen and oxygen atoms in total. The molecule has 26 heavy (non-hydrogen) atoms. The van der Waals surface area contributed by atoms with Crippen LogP contribution in [0.1, 0.15) is 35.0 Å². The van der Waals surface area contributed by atoms with E-state index in [1.165, 1.54) is 4.90 Å². The number of thiazole rings is 1. The van der Waals surface area contributed by atoms with Crippen LogP contribution in [0.3, 0.4) is 0 Å². The van der Waals surface area contributed by atoms with Crippen LogP contribution in [-0.4, -0.2) is 30.6 Å². The van der Waals surface area contributed by atoms with E-state index in [2.05, 4.69) is 15.6 Å². The van der Waals surface area contributed by atoms with Crippen LogP contribution in [0.4, 0.5) is 16.2 Å². The zero-order valence-electron chi connectivity index (χ0n) is 15.3. The first kappa shape index (κ1) is 18.2. The maximum atomic E-state index is 12.4.